The van der Waals surface area contributed by atoms with Crippen LogP contribution in [0.15, 0.2) is 0 Å². The lowest BCUT2D eigenvalue weighted by Gasteiger charge is -2.33. The highest BCUT2D eigenvalue weighted by molar-refractivity contribution is 7.90. The van der Waals surface area contributed by atoms with Gasteiger partial charge in [-0.2, -0.15) is 0 Å². The predicted octanol–water partition coefficient (Wildman–Crippen LogP) is -0.426. The van der Waals surface area contributed by atoms with Crippen LogP contribution in [0.2, 0.25) is 0 Å². The summed E-state index contributed by atoms with van der Waals surface area (Å²) in [5.74, 6) is -0.525. The standard InChI is InChI=1S/C9H17NO4S/c1-14-8(11)9(7-15(2,12)13)3-5-10-6-4-9/h10H,3-7H2,1-2H3. The van der Waals surface area contributed by atoms with E-state index in [4.69, 9.17) is 4.74 Å². The Labute approximate surface area is 90.1 Å². The summed E-state index contributed by atoms with van der Waals surface area (Å²) in [7, 11) is -1.87. The van der Waals surface area contributed by atoms with Crippen LogP contribution in [-0.4, -0.2) is 46.6 Å². The van der Waals surface area contributed by atoms with Crippen LogP contribution in [0.1, 0.15) is 12.8 Å². The van der Waals surface area contributed by atoms with E-state index in [9.17, 15) is 13.2 Å². The van der Waals surface area contributed by atoms with E-state index in [0.717, 1.165) is 6.26 Å². The van der Waals surface area contributed by atoms with Crippen molar-refractivity contribution < 1.29 is 17.9 Å². The molecular weight excluding hydrogens is 218 g/mol. The van der Waals surface area contributed by atoms with Gasteiger partial charge in [-0.1, -0.05) is 0 Å². The molecule has 88 valence electrons. The van der Waals surface area contributed by atoms with E-state index in [2.05, 4.69) is 5.32 Å². The maximum atomic E-state index is 11.7. The lowest BCUT2D eigenvalue weighted by Crippen LogP contribution is -2.46. The lowest BCUT2D eigenvalue weighted by atomic mass is 9.81. The number of carbonyl (C=O) groups excluding carboxylic acids is 1. The van der Waals surface area contributed by atoms with Gasteiger partial charge in [0.05, 0.1) is 18.3 Å². The van der Waals surface area contributed by atoms with Crippen LogP contribution in [0, 0.1) is 5.41 Å². The van der Waals surface area contributed by atoms with E-state index in [0.29, 0.717) is 25.9 Å². The molecule has 5 nitrogen and oxygen atoms in total. The van der Waals surface area contributed by atoms with Gasteiger partial charge in [0.15, 0.2) is 0 Å². The van der Waals surface area contributed by atoms with Crippen molar-refractivity contribution in [3.8, 4) is 0 Å². The quantitative estimate of drug-likeness (QED) is 0.672. The zero-order chi connectivity index (χ0) is 11.5. The molecule has 0 aromatic rings. The molecule has 0 atom stereocenters. The van der Waals surface area contributed by atoms with Crippen molar-refractivity contribution in [1.29, 1.82) is 0 Å². The van der Waals surface area contributed by atoms with Gasteiger partial charge in [0.2, 0.25) is 0 Å². The van der Waals surface area contributed by atoms with E-state index in [1.807, 2.05) is 0 Å². The zero-order valence-corrected chi connectivity index (χ0v) is 9.89. The van der Waals surface area contributed by atoms with Crippen LogP contribution >= 0.6 is 0 Å². The molecule has 1 N–H and O–H groups in total. The van der Waals surface area contributed by atoms with Crippen LogP contribution in [0.4, 0.5) is 0 Å². The van der Waals surface area contributed by atoms with Gasteiger partial charge in [-0.05, 0) is 25.9 Å². The third-order valence-corrected chi connectivity index (χ3v) is 3.79. The third-order valence-electron chi connectivity index (χ3n) is 2.72. The summed E-state index contributed by atoms with van der Waals surface area (Å²) in [6.45, 7) is 1.31. The number of carbonyl (C=O) groups is 1. The van der Waals surface area contributed by atoms with Crippen LogP contribution in [0.5, 0.6) is 0 Å². The first kappa shape index (κ1) is 12.4. The lowest BCUT2D eigenvalue weighted by molar-refractivity contribution is -0.152. The molecular formula is C9H17NO4S. The molecule has 0 amide bonds. The summed E-state index contributed by atoms with van der Waals surface area (Å²) in [4.78, 5) is 11.7. The zero-order valence-electron chi connectivity index (χ0n) is 9.08. The number of piperidine rings is 1. The molecule has 0 aliphatic carbocycles. The van der Waals surface area contributed by atoms with Crippen molar-refractivity contribution in [2.24, 2.45) is 5.41 Å². The number of sulfone groups is 1. The highest BCUT2D eigenvalue weighted by Gasteiger charge is 2.43. The normalized spacial score (nSPS) is 20.9. The van der Waals surface area contributed by atoms with Gasteiger partial charge in [-0.3, -0.25) is 4.79 Å². The molecule has 0 radical (unpaired) electrons. The van der Waals surface area contributed by atoms with E-state index < -0.39 is 21.2 Å². The molecule has 1 rings (SSSR count). The first-order valence-electron chi connectivity index (χ1n) is 4.86. The molecule has 1 heterocycles. The summed E-state index contributed by atoms with van der Waals surface area (Å²) in [6, 6.07) is 0. The van der Waals surface area contributed by atoms with Crippen molar-refractivity contribution in [3.63, 3.8) is 0 Å². The van der Waals surface area contributed by atoms with Gasteiger partial charge < -0.3 is 10.1 Å². The molecule has 15 heavy (non-hydrogen) atoms. The first-order valence-corrected chi connectivity index (χ1v) is 6.93. The molecule has 0 aromatic carbocycles. The minimum absolute atomic E-state index is 0.117. The van der Waals surface area contributed by atoms with Gasteiger partial charge in [-0.25, -0.2) is 8.42 Å². The fourth-order valence-electron chi connectivity index (χ4n) is 2.03. The van der Waals surface area contributed by atoms with Gasteiger partial charge >= 0.3 is 5.97 Å². The average Bonchev–Trinajstić information content (AvgIpc) is 2.15. The predicted molar refractivity (Wildman–Crippen MR) is 56.3 cm³/mol. The van der Waals surface area contributed by atoms with Crippen LogP contribution in [0.25, 0.3) is 0 Å². The Hall–Kier alpha value is -0.620. The molecule has 0 saturated carbocycles. The largest absolute Gasteiger partial charge is 0.469 e. The molecule has 0 spiro atoms. The molecule has 0 unspecified atom stereocenters. The molecule has 1 aliphatic heterocycles. The highest BCUT2D eigenvalue weighted by Crippen LogP contribution is 2.31. The fourth-order valence-corrected chi connectivity index (χ4v) is 3.44. The summed E-state index contributed by atoms with van der Waals surface area (Å²) in [6.07, 6.45) is 2.19. The van der Waals surface area contributed by atoms with Crippen LogP contribution in [0.3, 0.4) is 0 Å². The van der Waals surface area contributed by atoms with Gasteiger partial charge in [0.1, 0.15) is 9.84 Å². The summed E-state index contributed by atoms with van der Waals surface area (Å²) < 4.78 is 27.3. The second-order valence-corrected chi connectivity index (χ2v) is 6.23. The second-order valence-electron chi connectivity index (χ2n) is 4.09. The summed E-state index contributed by atoms with van der Waals surface area (Å²) in [5.41, 5.74) is -0.840. The Morgan fingerprint density at radius 1 is 1.40 bits per heavy atom. The fraction of sp³-hybridized carbons (Fsp3) is 0.889. The van der Waals surface area contributed by atoms with Crippen molar-refractivity contribution in [1.82, 2.24) is 5.32 Å². The first-order chi connectivity index (χ1) is 6.90. The van der Waals surface area contributed by atoms with Crippen LogP contribution < -0.4 is 5.32 Å². The maximum absolute atomic E-state index is 11.7. The van der Waals surface area contributed by atoms with Crippen molar-refractivity contribution >= 4 is 15.8 Å². The number of ether oxygens (including phenoxy) is 1. The Balaban J connectivity index is 2.90. The van der Waals surface area contributed by atoms with Crippen molar-refractivity contribution in [3.05, 3.63) is 0 Å². The number of hydrogen-bond donors (Lipinski definition) is 1. The van der Waals surface area contributed by atoms with Gasteiger partial charge in [0, 0.05) is 6.26 Å². The Bertz CT molecular complexity index is 330. The molecule has 0 bridgehead atoms. The monoisotopic (exact) mass is 235 g/mol. The highest BCUT2D eigenvalue weighted by atomic mass is 32.2. The minimum atomic E-state index is -3.17. The molecule has 1 fully saturated rings. The average molecular weight is 235 g/mol. The topological polar surface area (TPSA) is 72.5 Å². The Kier molecular flexibility index (Phi) is 3.72. The SMILES string of the molecule is COC(=O)C1(CS(C)(=O)=O)CCNCC1. The van der Waals surface area contributed by atoms with Crippen molar-refractivity contribution in [2.75, 3.05) is 32.2 Å². The number of methoxy groups -OCH3 is 1. The molecule has 0 aromatic heterocycles. The molecule has 1 aliphatic rings. The number of esters is 1. The summed E-state index contributed by atoms with van der Waals surface area (Å²) in [5, 5.41) is 3.10. The van der Waals surface area contributed by atoms with E-state index in [1.54, 1.807) is 0 Å². The number of hydrogen-bond acceptors (Lipinski definition) is 5. The minimum Gasteiger partial charge on any atom is -0.469 e. The molecule has 1 saturated heterocycles. The second kappa shape index (κ2) is 4.49. The number of rotatable bonds is 3. The van der Waals surface area contributed by atoms with E-state index >= 15 is 0 Å². The number of nitrogens with one attached hydrogen (secondary N) is 1. The third kappa shape index (κ3) is 3.17. The molecule has 6 heteroatoms. The van der Waals surface area contributed by atoms with Gasteiger partial charge in [0.25, 0.3) is 0 Å². The van der Waals surface area contributed by atoms with Crippen LogP contribution in [-0.2, 0) is 19.4 Å². The summed E-state index contributed by atoms with van der Waals surface area (Å²) >= 11 is 0. The maximum Gasteiger partial charge on any atom is 0.312 e. The Morgan fingerprint density at radius 3 is 2.33 bits per heavy atom. The smallest absolute Gasteiger partial charge is 0.312 e. The van der Waals surface area contributed by atoms with E-state index in [-0.39, 0.29) is 5.75 Å². The van der Waals surface area contributed by atoms with Crippen molar-refractivity contribution in [2.45, 2.75) is 12.8 Å². The van der Waals surface area contributed by atoms with Gasteiger partial charge in [-0.15, -0.1) is 0 Å². The Morgan fingerprint density at radius 2 is 1.93 bits per heavy atom. The van der Waals surface area contributed by atoms with E-state index in [1.165, 1.54) is 7.11 Å².